The first-order valence-electron chi connectivity index (χ1n) is 6.70. The van der Waals surface area contributed by atoms with E-state index in [-0.39, 0.29) is 6.42 Å². The molecular weight excluding hydrogens is 228 g/mol. The molecule has 0 spiro atoms. The van der Waals surface area contributed by atoms with Crippen molar-refractivity contribution in [3.63, 3.8) is 0 Å². The Morgan fingerprint density at radius 2 is 1.83 bits per heavy atom. The fourth-order valence-electron chi connectivity index (χ4n) is 2.81. The van der Waals surface area contributed by atoms with Gasteiger partial charge in [0.2, 0.25) is 0 Å². The molecule has 3 heteroatoms. The van der Waals surface area contributed by atoms with E-state index in [0.717, 1.165) is 24.0 Å². The molecule has 0 unspecified atom stereocenters. The van der Waals surface area contributed by atoms with Crippen molar-refractivity contribution in [3.05, 3.63) is 29.3 Å². The average Bonchev–Trinajstić information content (AvgIpc) is 2.59. The summed E-state index contributed by atoms with van der Waals surface area (Å²) in [4.78, 5) is 10.7. The summed E-state index contributed by atoms with van der Waals surface area (Å²) in [5.74, 6) is -0.121. The summed E-state index contributed by atoms with van der Waals surface area (Å²) in [6, 6.07) is 5.21. The number of carboxylic acids is 1. The number of aliphatic carboxylic acids is 1. The first-order valence-corrected chi connectivity index (χ1v) is 6.70. The van der Waals surface area contributed by atoms with Crippen LogP contribution in [0.15, 0.2) is 18.2 Å². The molecule has 2 N–H and O–H groups in total. The number of hydrogen-bond acceptors (Lipinski definition) is 2. The first-order chi connectivity index (χ1) is 8.66. The quantitative estimate of drug-likeness (QED) is 0.805. The van der Waals surface area contributed by atoms with E-state index in [2.05, 4.69) is 0 Å². The second-order valence-electron chi connectivity index (χ2n) is 5.15. The lowest BCUT2D eigenvalue weighted by molar-refractivity contribution is -0.136. The minimum atomic E-state index is -0.826. The van der Waals surface area contributed by atoms with Crippen molar-refractivity contribution in [2.45, 2.75) is 50.9 Å². The molecule has 98 valence electrons. The van der Waals surface area contributed by atoms with Crippen LogP contribution in [0.2, 0.25) is 0 Å². The van der Waals surface area contributed by atoms with Gasteiger partial charge in [0.1, 0.15) is 5.75 Å². The number of rotatable bonds is 3. The van der Waals surface area contributed by atoms with E-state index in [1.807, 2.05) is 6.07 Å². The first kappa shape index (κ1) is 12.9. The van der Waals surface area contributed by atoms with Crippen LogP contribution in [0.25, 0.3) is 0 Å². The van der Waals surface area contributed by atoms with Crippen molar-refractivity contribution >= 4 is 5.97 Å². The Morgan fingerprint density at radius 1 is 1.17 bits per heavy atom. The lowest BCUT2D eigenvalue weighted by Gasteiger charge is -2.17. The van der Waals surface area contributed by atoms with Crippen LogP contribution in [-0.2, 0) is 11.2 Å². The number of phenolic OH excluding ortho intramolecular Hbond substituents is 1. The molecule has 0 atom stereocenters. The lowest BCUT2D eigenvalue weighted by Crippen LogP contribution is -2.03. The second-order valence-corrected chi connectivity index (χ2v) is 5.15. The minimum absolute atomic E-state index is 0.0278. The Morgan fingerprint density at radius 3 is 2.44 bits per heavy atom. The van der Waals surface area contributed by atoms with Crippen LogP contribution in [0.1, 0.15) is 55.6 Å². The van der Waals surface area contributed by atoms with Gasteiger partial charge < -0.3 is 10.2 Å². The summed E-state index contributed by atoms with van der Waals surface area (Å²) >= 11 is 0. The van der Waals surface area contributed by atoms with Crippen molar-refractivity contribution in [2.75, 3.05) is 0 Å². The van der Waals surface area contributed by atoms with Crippen LogP contribution in [-0.4, -0.2) is 16.2 Å². The second kappa shape index (κ2) is 5.89. The molecule has 1 fully saturated rings. The normalized spacial score (nSPS) is 17.3. The smallest absolute Gasteiger partial charge is 0.307 e. The molecule has 0 amide bonds. The summed E-state index contributed by atoms with van der Waals surface area (Å²) < 4.78 is 0. The predicted octanol–water partition coefficient (Wildman–Crippen LogP) is 3.46. The van der Waals surface area contributed by atoms with Gasteiger partial charge in [-0.2, -0.15) is 0 Å². The number of phenols is 1. The number of carboxylic acid groups (broad SMARTS) is 1. The highest BCUT2D eigenvalue weighted by molar-refractivity contribution is 5.70. The Bertz CT molecular complexity index is 418. The van der Waals surface area contributed by atoms with Gasteiger partial charge in [0.15, 0.2) is 0 Å². The third-order valence-electron chi connectivity index (χ3n) is 3.74. The van der Waals surface area contributed by atoms with Crippen LogP contribution in [0.4, 0.5) is 0 Å². The Hall–Kier alpha value is -1.51. The zero-order valence-electron chi connectivity index (χ0n) is 10.6. The van der Waals surface area contributed by atoms with Gasteiger partial charge in [-0.05, 0) is 36.0 Å². The molecule has 18 heavy (non-hydrogen) atoms. The number of benzene rings is 1. The Balaban J connectivity index is 2.21. The maximum Gasteiger partial charge on any atom is 0.307 e. The molecule has 0 aromatic heterocycles. The van der Waals surface area contributed by atoms with E-state index in [1.165, 1.54) is 25.7 Å². The third kappa shape index (κ3) is 3.25. The van der Waals surface area contributed by atoms with Crippen molar-refractivity contribution in [3.8, 4) is 5.75 Å². The summed E-state index contributed by atoms with van der Waals surface area (Å²) in [6.07, 6.45) is 7.17. The molecule has 1 aromatic carbocycles. The molecular formula is C15H20O3. The SMILES string of the molecule is O=C(O)Cc1ccc(O)c(C2CCCCCC2)c1. The molecule has 1 aliphatic carbocycles. The van der Waals surface area contributed by atoms with Crippen molar-refractivity contribution in [1.29, 1.82) is 0 Å². The topological polar surface area (TPSA) is 57.5 Å². The summed E-state index contributed by atoms with van der Waals surface area (Å²) in [5, 5.41) is 18.8. The fourth-order valence-corrected chi connectivity index (χ4v) is 2.81. The van der Waals surface area contributed by atoms with E-state index in [4.69, 9.17) is 5.11 Å². The highest BCUT2D eigenvalue weighted by Gasteiger charge is 2.18. The Kier molecular flexibility index (Phi) is 4.24. The van der Waals surface area contributed by atoms with Crippen molar-refractivity contribution in [1.82, 2.24) is 0 Å². The predicted molar refractivity (Wildman–Crippen MR) is 69.9 cm³/mol. The van der Waals surface area contributed by atoms with E-state index in [1.54, 1.807) is 12.1 Å². The highest BCUT2D eigenvalue weighted by Crippen LogP contribution is 2.36. The summed E-state index contributed by atoms with van der Waals surface area (Å²) in [6.45, 7) is 0. The molecule has 1 aliphatic rings. The summed E-state index contributed by atoms with van der Waals surface area (Å²) in [7, 11) is 0. The average molecular weight is 248 g/mol. The summed E-state index contributed by atoms with van der Waals surface area (Å²) in [5.41, 5.74) is 1.72. The number of carbonyl (C=O) groups is 1. The Labute approximate surface area is 107 Å². The number of hydrogen-bond donors (Lipinski definition) is 2. The van der Waals surface area contributed by atoms with Crippen molar-refractivity contribution in [2.24, 2.45) is 0 Å². The number of aromatic hydroxyl groups is 1. The van der Waals surface area contributed by atoms with Gasteiger partial charge in [-0.15, -0.1) is 0 Å². The molecule has 2 rings (SSSR count). The van der Waals surface area contributed by atoms with E-state index in [0.29, 0.717) is 11.7 Å². The fraction of sp³-hybridized carbons (Fsp3) is 0.533. The van der Waals surface area contributed by atoms with Gasteiger partial charge in [-0.25, -0.2) is 0 Å². The van der Waals surface area contributed by atoms with Crippen LogP contribution in [0.5, 0.6) is 5.75 Å². The van der Waals surface area contributed by atoms with Crippen LogP contribution in [0, 0.1) is 0 Å². The molecule has 0 saturated heterocycles. The van der Waals surface area contributed by atoms with Crippen LogP contribution < -0.4 is 0 Å². The molecule has 1 aromatic rings. The van der Waals surface area contributed by atoms with Crippen molar-refractivity contribution < 1.29 is 15.0 Å². The van der Waals surface area contributed by atoms with Crippen LogP contribution in [0.3, 0.4) is 0 Å². The molecule has 0 radical (unpaired) electrons. The van der Waals surface area contributed by atoms with E-state index < -0.39 is 5.97 Å². The van der Waals surface area contributed by atoms with Crippen LogP contribution >= 0.6 is 0 Å². The lowest BCUT2D eigenvalue weighted by atomic mass is 9.89. The molecule has 0 aliphatic heterocycles. The van der Waals surface area contributed by atoms with Gasteiger partial charge in [-0.3, -0.25) is 4.79 Å². The van der Waals surface area contributed by atoms with E-state index in [9.17, 15) is 9.90 Å². The maximum atomic E-state index is 10.7. The molecule has 0 bridgehead atoms. The van der Waals surface area contributed by atoms with Gasteiger partial charge >= 0.3 is 5.97 Å². The zero-order valence-corrected chi connectivity index (χ0v) is 10.6. The largest absolute Gasteiger partial charge is 0.508 e. The van der Waals surface area contributed by atoms with Gasteiger partial charge in [0, 0.05) is 0 Å². The molecule has 1 saturated carbocycles. The van der Waals surface area contributed by atoms with E-state index >= 15 is 0 Å². The monoisotopic (exact) mass is 248 g/mol. The maximum absolute atomic E-state index is 10.7. The van der Waals surface area contributed by atoms with Gasteiger partial charge in [0.05, 0.1) is 6.42 Å². The highest BCUT2D eigenvalue weighted by atomic mass is 16.4. The molecule has 3 nitrogen and oxygen atoms in total. The standard InChI is InChI=1S/C15H20O3/c16-14-8-7-11(10-15(17)18)9-13(14)12-5-3-1-2-4-6-12/h7-9,12,16H,1-6,10H2,(H,17,18). The van der Waals surface area contributed by atoms with Gasteiger partial charge in [-0.1, -0.05) is 37.8 Å². The zero-order chi connectivity index (χ0) is 13.0. The minimum Gasteiger partial charge on any atom is -0.508 e. The third-order valence-corrected chi connectivity index (χ3v) is 3.74. The molecule has 0 heterocycles. The van der Waals surface area contributed by atoms with Gasteiger partial charge in [0.25, 0.3) is 0 Å².